The van der Waals surface area contributed by atoms with E-state index in [0.717, 1.165) is 16.8 Å². The molecule has 4 aromatic rings. The molecule has 35 heavy (non-hydrogen) atoms. The lowest BCUT2D eigenvalue weighted by Crippen LogP contribution is -2.29. The first-order valence-corrected chi connectivity index (χ1v) is 13.5. The topological polar surface area (TPSA) is 128 Å². The summed E-state index contributed by atoms with van der Waals surface area (Å²) in [5.74, 6) is -0.680. The van der Waals surface area contributed by atoms with Crippen molar-refractivity contribution in [2.45, 2.75) is 36.2 Å². The number of sulfone groups is 1. The van der Waals surface area contributed by atoms with Gasteiger partial charge in [-0.05, 0) is 45.0 Å². The van der Waals surface area contributed by atoms with E-state index in [0.29, 0.717) is 10.6 Å². The van der Waals surface area contributed by atoms with Gasteiger partial charge in [-0.15, -0.1) is 0 Å². The highest BCUT2D eigenvalue weighted by Crippen LogP contribution is 2.34. The predicted octanol–water partition coefficient (Wildman–Crippen LogP) is 4.78. The number of nitrogens with one attached hydrogen (secondary N) is 1. The van der Waals surface area contributed by atoms with Gasteiger partial charge in [0.25, 0.3) is 0 Å². The van der Waals surface area contributed by atoms with Crippen LogP contribution in [-0.4, -0.2) is 42.0 Å². The molecule has 0 amide bonds. The van der Waals surface area contributed by atoms with Crippen LogP contribution in [0, 0.1) is 0 Å². The number of rotatable bonds is 5. The normalized spacial score (nSPS) is 13.3. The Morgan fingerprint density at radius 2 is 1.60 bits per heavy atom. The number of thiazole rings is 1. The molecule has 0 spiro atoms. The van der Waals surface area contributed by atoms with Gasteiger partial charge < -0.3 is 9.50 Å². The van der Waals surface area contributed by atoms with Crippen LogP contribution in [0.5, 0.6) is 5.75 Å². The largest absolute Gasteiger partial charge is 0.534 e. The molecular weight excluding hydrogens is 529 g/mol. The smallest absolute Gasteiger partial charge is 0.376 e. The van der Waals surface area contributed by atoms with Crippen molar-refractivity contribution in [1.82, 2.24) is 15.0 Å². The molecule has 0 aliphatic carbocycles. The van der Waals surface area contributed by atoms with Crippen molar-refractivity contribution in [3.05, 3.63) is 42.5 Å². The van der Waals surface area contributed by atoms with E-state index < -0.39 is 41.1 Å². The summed E-state index contributed by atoms with van der Waals surface area (Å²) in [4.78, 5) is 12.6. The van der Waals surface area contributed by atoms with Gasteiger partial charge in [-0.3, -0.25) is 0 Å². The number of hydrogen-bond acceptors (Lipinski definition) is 10. The molecule has 4 rings (SSSR count). The maximum Gasteiger partial charge on any atom is 0.534 e. The molecular formula is C20H17F3N4O5S3. The molecule has 0 aliphatic rings. The number of alkyl halides is 3. The van der Waals surface area contributed by atoms with E-state index in [1.54, 1.807) is 12.1 Å². The highest BCUT2D eigenvalue weighted by molar-refractivity contribution is 7.92. The van der Waals surface area contributed by atoms with Crippen LogP contribution in [0.25, 0.3) is 21.1 Å². The Kier molecular flexibility index (Phi) is 5.92. The summed E-state index contributed by atoms with van der Waals surface area (Å²) in [6, 6.07) is 10.4. The zero-order valence-corrected chi connectivity index (χ0v) is 20.7. The Balaban J connectivity index is 1.88. The third kappa shape index (κ3) is 4.75. The molecule has 186 valence electrons. The average Bonchev–Trinajstić information content (AvgIpc) is 3.13. The Morgan fingerprint density at radius 1 is 0.914 bits per heavy atom. The number of hydrogen-bond donors (Lipinski definition) is 1. The first-order chi connectivity index (χ1) is 16.1. The van der Waals surface area contributed by atoms with Gasteiger partial charge >= 0.3 is 15.6 Å². The number of halogens is 3. The van der Waals surface area contributed by atoms with Gasteiger partial charge in [-0.25, -0.2) is 23.4 Å². The van der Waals surface area contributed by atoms with Gasteiger partial charge in [-0.2, -0.15) is 21.6 Å². The van der Waals surface area contributed by atoms with E-state index >= 15 is 0 Å². The number of nitrogens with zero attached hydrogens (tertiary/aromatic N) is 3. The van der Waals surface area contributed by atoms with Crippen molar-refractivity contribution in [3.8, 4) is 5.75 Å². The molecule has 0 unspecified atom stereocenters. The second-order valence-electron chi connectivity index (χ2n) is 8.24. The third-order valence-corrected chi connectivity index (χ3v) is 8.91. The average molecular weight is 547 g/mol. The lowest BCUT2D eigenvalue weighted by Gasteiger charge is -2.19. The highest BCUT2D eigenvalue weighted by Gasteiger charge is 2.48. The van der Waals surface area contributed by atoms with E-state index in [1.807, 2.05) is 12.1 Å². The molecule has 0 bridgehead atoms. The lowest BCUT2D eigenvalue weighted by molar-refractivity contribution is -0.0500. The Hall–Kier alpha value is -3.04. The Bertz CT molecular complexity index is 1630. The van der Waals surface area contributed by atoms with Crippen molar-refractivity contribution in [2.24, 2.45) is 0 Å². The monoisotopic (exact) mass is 546 g/mol. The first kappa shape index (κ1) is 25.1. The predicted molar refractivity (Wildman–Crippen MR) is 125 cm³/mol. The molecule has 0 saturated heterocycles. The second-order valence-corrected chi connectivity index (χ2v) is 13.4. The quantitative estimate of drug-likeness (QED) is 0.214. The minimum Gasteiger partial charge on any atom is -0.376 e. The van der Waals surface area contributed by atoms with Crippen molar-refractivity contribution < 1.29 is 34.2 Å². The van der Waals surface area contributed by atoms with Crippen LogP contribution in [0.3, 0.4) is 0 Å². The molecule has 0 saturated carbocycles. The van der Waals surface area contributed by atoms with Gasteiger partial charge in [0.05, 0.1) is 20.5 Å². The molecule has 0 atom stereocenters. The third-order valence-electron chi connectivity index (χ3n) is 4.70. The zero-order chi connectivity index (χ0) is 25.8. The molecule has 0 fully saturated rings. The Morgan fingerprint density at radius 3 is 2.23 bits per heavy atom. The zero-order valence-electron chi connectivity index (χ0n) is 18.3. The van der Waals surface area contributed by atoms with Gasteiger partial charge in [0, 0.05) is 11.5 Å². The molecule has 0 aliphatic heterocycles. The minimum absolute atomic E-state index is 0.0158. The fourth-order valence-corrected chi connectivity index (χ4v) is 5.12. The SMILES string of the molecule is CC(C)(C)S(=O)(=O)c1nc(Nc2nc3ccccc3s2)c2ccc(OS(=O)(=O)C(F)(F)F)cc2n1. The van der Waals surface area contributed by atoms with Crippen LogP contribution in [0.15, 0.2) is 47.6 Å². The lowest BCUT2D eigenvalue weighted by atomic mass is 10.2. The fraction of sp³-hybridized carbons (Fsp3) is 0.250. The van der Waals surface area contributed by atoms with Crippen LogP contribution in [-0.2, 0) is 20.0 Å². The molecule has 9 nitrogen and oxygen atoms in total. The molecule has 2 aromatic carbocycles. The number of para-hydroxylation sites is 1. The van der Waals surface area contributed by atoms with Gasteiger partial charge in [0.1, 0.15) is 11.6 Å². The van der Waals surface area contributed by atoms with E-state index in [1.165, 1.54) is 38.2 Å². The van der Waals surface area contributed by atoms with Crippen LogP contribution in [0.1, 0.15) is 20.8 Å². The maximum absolute atomic E-state index is 13.0. The summed E-state index contributed by atoms with van der Waals surface area (Å²) in [7, 11) is -10.0. The van der Waals surface area contributed by atoms with Crippen LogP contribution in [0.4, 0.5) is 24.1 Å². The van der Waals surface area contributed by atoms with Crippen molar-refractivity contribution in [3.63, 3.8) is 0 Å². The van der Waals surface area contributed by atoms with Gasteiger partial charge in [-0.1, -0.05) is 23.5 Å². The molecule has 0 radical (unpaired) electrons. The highest BCUT2D eigenvalue weighted by atomic mass is 32.2. The minimum atomic E-state index is -5.94. The van der Waals surface area contributed by atoms with Crippen LogP contribution < -0.4 is 9.50 Å². The number of benzene rings is 2. The summed E-state index contributed by atoms with van der Waals surface area (Å²) >= 11 is 1.27. The second kappa shape index (κ2) is 8.27. The molecule has 1 N–H and O–H groups in total. The van der Waals surface area contributed by atoms with E-state index in [-0.39, 0.29) is 16.7 Å². The van der Waals surface area contributed by atoms with E-state index in [4.69, 9.17) is 0 Å². The van der Waals surface area contributed by atoms with Crippen molar-refractivity contribution in [1.29, 1.82) is 0 Å². The number of fused-ring (bicyclic) bond motifs is 2. The summed E-state index contributed by atoms with van der Waals surface area (Å²) in [5, 5.41) is 2.93. The summed E-state index contributed by atoms with van der Waals surface area (Å²) in [5.41, 5.74) is -5.11. The van der Waals surface area contributed by atoms with Crippen LogP contribution in [0.2, 0.25) is 0 Å². The molecule has 2 aromatic heterocycles. The van der Waals surface area contributed by atoms with Crippen LogP contribution >= 0.6 is 11.3 Å². The number of aromatic nitrogens is 3. The Labute approximate surface area is 202 Å². The molecule has 2 heterocycles. The summed E-state index contributed by atoms with van der Waals surface area (Å²) < 4.78 is 90.9. The van der Waals surface area contributed by atoms with Crippen molar-refractivity contribution in [2.75, 3.05) is 5.32 Å². The summed E-state index contributed by atoms with van der Waals surface area (Å²) in [6.45, 7) is 4.31. The van der Waals surface area contributed by atoms with E-state index in [9.17, 15) is 30.0 Å². The van der Waals surface area contributed by atoms with Gasteiger partial charge in [0.15, 0.2) is 5.13 Å². The molecule has 15 heteroatoms. The maximum atomic E-state index is 13.0. The fourth-order valence-electron chi connectivity index (χ4n) is 2.83. The van der Waals surface area contributed by atoms with Crippen molar-refractivity contribution >= 4 is 63.4 Å². The summed E-state index contributed by atoms with van der Waals surface area (Å²) in [6.07, 6.45) is 0. The number of anilines is 2. The van der Waals surface area contributed by atoms with Gasteiger partial charge in [0.2, 0.25) is 15.0 Å². The first-order valence-electron chi connectivity index (χ1n) is 9.78. The standard InChI is InChI=1S/C20H17F3N4O5S3/c1-19(2,3)34(28,29)18-25-14-10-11(32-35(30,31)20(21,22)23)8-9-12(14)16(27-18)26-17-24-13-6-4-5-7-15(13)33-17/h4-10H,1-3H3,(H,24,25,26,27). The van der Waals surface area contributed by atoms with E-state index in [2.05, 4.69) is 24.5 Å².